The second kappa shape index (κ2) is 5.38. The summed E-state index contributed by atoms with van der Waals surface area (Å²) in [7, 11) is 1.72. The Balaban J connectivity index is 2.27. The largest absolute Gasteiger partial charge is 0.462 e. The zero-order valence-corrected chi connectivity index (χ0v) is 10.7. The molecule has 2 aromatic rings. The topological polar surface area (TPSA) is 92.3 Å². The fourth-order valence-electron chi connectivity index (χ4n) is 1.48. The summed E-state index contributed by atoms with van der Waals surface area (Å²) in [6.07, 6.45) is 1.50. The van der Waals surface area contributed by atoms with Crippen molar-refractivity contribution in [2.45, 2.75) is 6.92 Å². The number of nitrogen functional groups attached to an aromatic ring is 1. The van der Waals surface area contributed by atoms with E-state index in [4.69, 9.17) is 15.2 Å². The van der Waals surface area contributed by atoms with Gasteiger partial charge < -0.3 is 15.2 Å². The first kappa shape index (κ1) is 12.9. The monoisotopic (exact) mass is 262 g/mol. The van der Waals surface area contributed by atoms with Crippen LogP contribution in [0.25, 0.3) is 0 Å². The number of carbonyl (C=O) groups is 1. The summed E-state index contributed by atoms with van der Waals surface area (Å²) >= 11 is 0. The molecule has 1 aromatic carbocycles. The molecule has 0 aliphatic heterocycles. The van der Waals surface area contributed by atoms with Crippen LogP contribution in [0.5, 0.6) is 11.8 Å². The summed E-state index contributed by atoms with van der Waals surface area (Å²) in [4.78, 5) is 15.6. The van der Waals surface area contributed by atoms with Crippen molar-refractivity contribution in [1.82, 2.24) is 14.8 Å². The number of aromatic nitrogens is 3. The van der Waals surface area contributed by atoms with Crippen molar-refractivity contribution >= 4 is 11.7 Å². The number of hydrogen-bond acceptors (Lipinski definition) is 6. The van der Waals surface area contributed by atoms with E-state index in [0.717, 1.165) is 0 Å². The predicted octanol–water partition coefficient (Wildman–Crippen LogP) is 1.37. The number of nitrogens with zero attached hydrogens (tertiary/aromatic N) is 3. The number of esters is 1. The van der Waals surface area contributed by atoms with Gasteiger partial charge in [0.1, 0.15) is 6.33 Å². The summed E-state index contributed by atoms with van der Waals surface area (Å²) in [6, 6.07) is 5.02. The molecule has 0 spiro atoms. The molecule has 19 heavy (non-hydrogen) atoms. The lowest BCUT2D eigenvalue weighted by molar-refractivity contribution is 0.0527. The number of ether oxygens (including phenoxy) is 2. The Bertz CT molecular complexity index is 594. The summed E-state index contributed by atoms with van der Waals surface area (Å²) in [5.41, 5.74) is 6.34. The zero-order chi connectivity index (χ0) is 13.8. The Morgan fingerprint density at radius 1 is 1.47 bits per heavy atom. The van der Waals surface area contributed by atoms with E-state index >= 15 is 0 Å². The van der Waals surface area contributed by atoms with Gasteiger partial charge >= 0.3 is 12.0 Å². The Morgan fingerprint density at radius 3 is 2.89 bits per heavy atom. The first-order chi connectivity index (χ1) is 9.11. The first-order valence-corrected chi connectivity index (χ1v) is 5.71. The number of nitrogens with two attached hydrogens (primary N) is 1. The molecular formula is C12H14N4O3. The second-order valence-corrected chi connectivity index (χ2v) is 3.74. The first-order valence-electron chi connectivity index (χ1n) is 5.71. The number of anilines is 1. The van der Waals surface area contributed by atoms with Gasteiger partial charge in [0.2, 0.25) is 0 Å². The van der Waals surface area contributed by atoms with Crippen molar-refractivity contribution in [2.24, 2.45) is 7.05 Å². The van der Waals surface area contributed by atoms with Gasteiger partial charge in [0.15, 0.2) is 5.75 Å². The third-order valence-electron chi connectivity index (χ3n) is 2.34. The van der Waals surface area contributed by atoms with Gasteiger partial charge in [-0.05, 0) is 19.1 Å². The standard InChI is InChI=1S/C12H14N4O3/c1-3-18-11(17)8-5-4-6-9(10(8)13)19-12-14-7-16(2)15-12/h4-7H,3,13H2,1-2H3. The van der Waals surface area contributed by atoms with Gasteiger partial charge in [0, 0.05) is 7.05 Å². The van der Waals surface area contributed by atoms with Gasteiger partial charge in [-0.3, -0.25) is 4.68 Å². The van der Waals surface area contributed by atoms with E-state index in [0.29, 0.717) is 5.75 Å². The van der Waals surface area contributed by atoms with Crippen molar-refractivity contribution in [3.63, 3.8) is 0 Å². The van der Waals surface area contributed by atoms with Crippen LogP contribution < -0.4 is 10.5 Å². The minimum atomic E-state index is -0.487. The van der Waals surface area contributed by atoms with Gasteiger partial charge in [-0.1, -0.05) is 6.07 Å². The third-order valence-corrected chi connectivity index (χ3v) is 2.34. The lowest BCUT2D eigenvalue weighted by Gasteiger charge is -2.09. The fourth-order valence-corrected chi connectivity index (χ4v) is 1.48. The molecule has 1 heterocycles. The molecule has 0 saturated carbocycles. The maximum Gasteiger partial charge on any atom is 0.341 e. The number of aryl methyl sites for hydroxylation is 1. The van der Waals surface area contributed by atoms with Crippen molar-refractivity contribution in [3.8, 4) is 11.8 Å². The smallest absolute Gasteiger partial charge is 0.341 e. The molecule has 0 aliphatic carbocycles. The van der Waals surface area contributed by atoms with Gasteiger partial charge in [0.25, 0.3) is 0 Å². The highest BCUT2D eigenvalue weighted by Gasteiger charge is 2.15. The normalized spacial score (nSPS) is 10.2. The van der Waals surface area contributed by atoms with E-state index in [1.165, 1.54) is 11.0 Å². The van der Waals surface area contributed by atoms with Crippen LogP contribution in [0.15, 0.2) is 24.5 Å². The molecule has 7 nitrogen and oxygen atoms in total. The molecule has 100 valence electrons. The van der Waals surface area contributed by atoms with E-state index < -0.39 is 5.97 Å². The molecule has 0 fully saturated rings. The molecular weight excluding hydrogens is 248 g/mol. The van der Waals surface area contributed by atoms with Gasteiger partial charge in [-0.25, -0.2) is 4.79 Å². The molecule has 0 aliphatic rings. The molecule has 1 aromatic heterocycles. The average Bonchev–Trinajstić information content (AvgIpc) is 2.78. The van der Waals surface area contributed by atoms with Crippen LogP contribution >= 0.6 is 0 Å². The minimum Gasteiger partial charge on any atom is -0.462 e. The quantitative estimate of drug-likeness (QED) is 0.660. The van der Waals surface area contributed by atoms with E-state index in [2.05, 4.69) is 10.1 Å². The van der Waals surface area contributed by atoms with Crippen LogP contribution in [0.4, 0.5) is 5.69 Å². The zero-order valence-electron chi connectivity index (χ0n) is 10.7. The Morgan fingerprint density at radius 2 is 2.26 bits per heavy atom. The van der Waals surface area contributed by atoms with E-state index in [-0.39, 0.29) is 23.9 Å². The van der Waals surface area contributed by atoms with Crippen molar-refractivity contribution in [1.29, 1.82) is 0 Å². The van der Waals surface area contributed by atoms with E-state index in [1.54, 1.807) is 32.2 Å². The van der Waals surface area contributed by atoms with E-state index in [1.807, 2.05) is 0 Å². The molecule has 0 amide bonds. The SMILES string of the molecule is CCOC(=O)c1cccc(Oc2ncn(C)n2)c1N. The summed E-state index contributed by atoms with van der Waals surface area (Å²) < 4.78 is 11.8. The maximum absolute atomic E-state index is 11.7. The van der Waals surface area contributed by atoms with Crippen LogP contribution in [0.1, 0.15) is 17.3 Å². The highest BCUT2D eigenvalue weighted by molar-refractivity contribution is 5.96. The highest BCUT2D eigenvalue weighted by atomic mass is 16.5. The second-order valence-electron chi connectivity index (χ2n) is 3.74. The van der Waals surface area contributed by atoms with Crippen LogP contribution in [0.2, 0.25) is 0 Å². The molecule has 7 heteroatoms. The maximum atomic E-state index is 11.7. The van der Waals surface area contributed by atoms with Crippen molar-refractivity contribution in [3.05, 3.63) is 30.1 Å². The van der Waals surface area contributed by atoms with Gasteiger partial charge in [0.05, 0.1) is 17.9 Å². The molecule has 0 radical (unpaired) electrons. The Labute approximate surface area is 110 Å². The van der Waals surface area contributed by atoms with Crippen molar-refractivity contribution < 1.29 is 14.3 Å². The van der Waals surface area contributed by atoms with Crippen molar-refractivity contribution in [2.75, 3.05) is 12.3 Å². The molecule has 0 unspecified atom stereocenters. The molecule has 0 atom stereocenters. The highest BCUT2D eigenvalue weighted by Crippen LogP contribution is 2.28. The molecule has 2 N–H and O–H groups in total. The Hall–Kier alpha value is -2.57. The fraction of sp³-hybridized carbons (Fsp3) is 0.250. The third kappa shape index (κ3) is 2.82. The van der Waals surface area contributed by atoms with Crippen LogP contribution in [0, 0.1) is 0 Å². The number of para-hydroxylation sites is 1. The number of rotatable bonds is 4. The van der Waals surface area contributed by atoms with Crippen LogP contribution in [-0.4, -0.2) is 27.3 Å². The van der Waals surface area contributed by atoms with Gasteiger partial charge in [-0.15, -0.1) is 5.10 Å². The summed E-state index contributed by atoms with van der Waals surface area (Å²) in [5.74, 6) is -0.170. The number of carbonyl (C=O) groups excluding carboxylic acids is 1. The summed E-state index contributed by atoms with van der Waals surface area (Å²) in [5, 5.41) is 3.97. The number of hydrogen-bond donors (Lipinski definition) is 1. The Kier molecular flexibility index (Phi) is 3.65. The minimum absolute atomic E-state index is 0.162. The molecule has 0 saturated heterocycles. The van der Waals surface area contributed by atoms with Crippen LogP contribution in [-0.2, 0) is 11.8 Å². The van der Waals surface area contributed by atoms with E-state index in [9.17, 15) is 4.79 Å². The predicted molar refractivity (Wildman–Crippen MR) is 67.9 cm³/mol. The lowest BCUT2D eigenvalue weighted by atomic mass is 10.1. The number of benzene rings is 1. The van der Waals surface area contributed by atoms with Crippen LogP contribution in [0.3, 0.4) is 0 Å². The molecule has 2 rings (SSSR count). The summed E-state index contributed by atoms with van der Waals surface area (Å²) in [6.45, 7) is 2.01. The average molecular weight is 262 g/mol. The van der Waals surface area contributed by atoms with Gasteiger partial charge in [-0.2, -0.15) is 4.98 Å². The lowest BCUT2D eigenvalue weighted by Crippen LogP contribution is -2.08. The molecule has 0 bridgehead atoms.